The third-order valence-corrected chi connectivity index (χ3v) is 3.40. The summed E-state index contributed by atoms with van der Waals surface area (Å²) in [5, 5.41) is 3.11. The van der Waals surface area contributed by atoms with E-state index in [9.17, 15) is 0 Å². The number of oxazole rings is 1. The van der Waals surface area contributed by atoms with Gasteiger partial charge in [-0.25, -0.2) is 4.98 Å². The van der Waals surface area contributed by atoms with Crippen LogP contribution in [0, 0.1) is 0 Å². The molecule has 2 aromatic rings. The Morgan fingerprint density at radius 3 is 2.93 bits per heavy atom. The van der Waals surface area contributed by atoms with Gasteiger partial charge in [-0.2, -0.15) is 0 Å². The predicted molar refractivity (Wildman–Crippen MR) is 62.3 cm³/mol. The predicted octanol–water partition coefficient (Wildman–Crippen LogP) is 3.34. The minimum absolute atomic E-state index is 0.193. The number of rotatable bonds is 3. The van der Waals surface area contributed by atoms with Crippen LogP contribution in [0.4, 0.5) is 0 Å². The quantitative estimate of drug-likeness (QED) is 0.897. The van der Waals surface area contributed by atoms with Gasteiger partial charge in [-0.15, -0.1) is 11.3 Å². The fourth-order valence-electron chi connectivity index (χ4n) is 1.18. The Labute approximate surface area is 97.1 Å². The zero-order chi connectivity index (χ0) is 10.8. The molecule has 0 saturated carbocycles. The fraction of sp³-hybridized carbons (Fsp3) is 0.300. The second-order valence-electron chi connectivity index (χ2n) is 3.19. The van der Waals surface area contributed by atoms with Gasteiger partial charge in [-0.3, -0.25) is 0 Å². The highest BCUT2D eigenvalue weighted by Gasteiger charge is 2.12. The Kier molecular flexibility index (Phi) is 3.09. The van der Waals surface area contributed by atoms with Gasteiger partial charge in [0.2, 0.25) is 5.89 Å². The maximum Gasteiger partial charge on any atom is 0.236 e. The molecule has 2 rings (SSSR count). The largest absolute Gasteiger partial charge is 0.443 e. The second-order valence-corrected chi connectivity index (χ2v) is 4.91. The van der Waals surface area contributed by atoms with E-state index in [0.717, 1.165) is 14.9 Å². The van der Waals surface area contributed by atoms with Crippen LogP contribution in [0.3, 0.4) is 0 Å². The van der Waals surface area contributed by atoms with Crippen LogP contribution in [0.15, 0.2) is 22.8 Å². The van der Waals surface area contributed by atoms with Crippen LogP contribution in [0.5, 0.6) is 0 Å². The minimum atomic E-state index is 0.193. The number of nitrogens with zero attached hydrogens (tertiary/aromatic N) is 1. The molecule has 2 heterocycles. The van der Waals surface area contributed by atoms with Crippen LogP contribution in [0.1, 0.15) is 18.7 Å². The van der Waals surface area contributed by atoms with E-state index in [1.165, 1.54) is 11.3 Å². The van der Waals surface area contributed by atoms with Crippen molar-refractivity contribution in [3.63, 3.8) is 0 Å². The van der Waals surface area contributed by atoms with Crippen molar-refractivity contribution in [2.75, 3.05) is 7.05 Å². The van der Waals surface area contributed by atoms with Gasteiger partial charge in [0, 0.05) is 6.04 Å². The number of hydrogen-bond donors (Lipinski definition) is 1. The fourth-order valence-corrected chi connectivity index (χ4v) is 2.15. The molecule has 0 radical (unpaired) electrons. The summed E-state index contributed by atoms with van der Waals surface area (Å²) in [6.07, 6.45) is 1.67. The topological polar surface area (TPSA) is 38.1 Å². The molecule has 5 heteroatoms. The molecule has 0 aliphatic heterocycles. The van der Waals surface area contributed by atoms with Crippen molar-refractivity contribution in [1.29, 1.82) is 0 Å². The Balaban J connectivity index is 2.27. The van der Waals surface area contributed by atoms with Crippen molar-refractivity contribution >= 4 is 22.9 Å². The Morgan fingerprint density at radius 1 is 1.53 bits per heavy atom. The standard InChI is InChI=1S/C10H11ClN2OS/c1-6(12-2)7-5-14-10(13-7)8-3-4-9(11)15-8/h3-6,12H,1-2H3. The lowest BCUT2D eigenvalue weighted by Crippen LogP contribution is -2.12. The van der Waals surface area contributed by atoms with Crippen LogP contribution < -0.4 is 5.32 Å². The number of halogens is 1. The Hall–Kier alpha value is -0.840. The lowest BCUT2D eigenvalue weighted by atomic mass is 10.3. The Bertz CT molecular complexity index is 452. The molecular weight excluding hydrogens is 232 g/mol. The first-order valence-corrected chi connectivity index (χ1v) is 5.78. The molecule has 0 bridgehead atoms. The molecule has 0 fully saturated rings. The molecule has 3 nitrogen and oxygen atoms in total. The summed E-state index contributed by atoms with van der Waals surface area (Å²) in [5.74, 6) is 0.629. The molecule has 1 atom stereocenters. The number of hydrogen-bond acceptors (Lipinski definition) is 4. The zero-order valence-corrected chi connectivity index (χ0v) is 10.0. The lowest BCUT2D eigenvalue weighted by Gasteiger charge is -2.03. The third-order valence-electron chi connectivity index (χ3n) is 2.18. The molecule has 0 aliphatic carbocycles. The molecule has 1 unspecified atom stereocenters. The molecule has 15 heavy (non-hydrogen) atoms. The van der Waals surface area contributed by atoms with Crippen molar-refractivity contribution in [1.82, 2.24) is 10.3 Å². The average molecular weight is 243 g/mol. The average Bonchev–Trinajstić information content (AvgIpc) is 2.84. The molecule has 80 valence electrons. The van der Waals surface area contributed by atoms with Crippen molar-refractivity contribution in [2.24, 2.45) is 0 Å². The summed E-state index contributed by atoms with van der Waals surface area (Å²) >= 11 is 7.31. The van der Waals surface area contributed by atoms with Gasteiger partial charge in [0.1, 0.15) is 6.26 Å². The number of aromatic nitrogens is 1. The Morgan fingerprint density at radius 2 is 2.33 bits per heavy atom. The van der Waals surface area contributed by atoms with Crippen LogP contribution in [-0.2, 0) is 0 Å². The highest BCUT2D eigenvalue weighted by Crippen LogP contribution is 2.30. The molecule has 0 spiro atoms. The van der Waals surface area contributed by atoms with Gasteiger partial charge in [-0.1, -0.05) is 11.6 Å². The molecule has 0 amide bonds. The molecule has 0 aliphatic rings. The van der Waals surface area contributed by atoms with Crippen molar-refractivity contribution in [2.45, 2.75) is 13.0 Å². The van der Waals surface area contributed by atoms with Gasteiger partial charge in [0.05, 0.1) is 14.9 Å². The van der Waals surface area contributed by atoms with Gasteiger partial charge in [-0.05, 0) is 26.1 Å². The first kappa shape index (κ1) is 10.7. The minimum Gasteiger partial charge on any atom is -0.443 e. The van der Waals surface area contributed by atoms with Crippen LogP contribution in [0.25, 0.3) is 10.8 Å². The summed E-state index contributed by atoms with van der Waals surface area (Å²) in [4.78, 5) is 5.34. The maximum absolute atomic E-state index is 5.84. The van der Waals surface area contributed by atoms with Crippen LogP contribution in [0.2, 0.25) is 4.34 Å². The summed E-state index contributed by atoms with van der Waals surface area (Å²) < 4.78 is 6.13. The van der Waals surface area contributed by atoms with E-state index in [-0.39, 0.29) is 6.04 Å². The second kappa shape index (κ2) is 4.35. The van der Waals surface area contributed by atoms with E-state index in [1.807, 2.05) is 26.1 Å². The van der Waals surface area contributed by atoms with Crippen molar-refractivity contribution in [3.05, 3.63) is 28.4 Å². The monoisotopic (exact) mass is 242 g/mol. The van der Waals surface area contributed by atoms with E-state index in [4.69, 9.17) is 16.0 Å². The zero-order valence-electron chi connectivity index (χ0n) is 8.45. The highest BCUT2D eigenvalue weighted by atomic mass is 35.5. The summed E-state index contributed by atoms with van der Waals surface area (Å²) in [6, 6.07) is 3.94. The van der Waals surface area contributed by atoms with E-state index in [1.54, 1.807) is 6.26 Å². The smallest absolute Gasteiger partial charge is 0.236 e. The number of nitrogens with one attached hydrogen (secondary N) is 1. The van der Waals surface area contributed by atoms with E-state index in [2.05, 4.69) is 10.3 Å². The first-order valence-electron chi connectivity index (χ1n) is 4.59. The molecule has 0 saturated heterocycles. The summed E-state index contributed by atoms with van der Waals surface area (Å²) in [7, 11) is 1.89. The molecule has 1 N–H and O–H groups in total. The summed E-state index contributed by atoms with van der Waals surface area (Å²) in [6.45, 7) is 2.03. The van der Waals surface area contributed by atoms with E-state index in [0.29, 0.717) is 5.89 Å². The summed E-state index contributed by atoms with van der Waals surface area (Å²) in [5.41, 5.74) is 0.900. The number of thiophene rings is 1. The SMILES string of the molecule is CNC(C)c1coc(-c2ccc(Cl)s2)n1. The van der Waals surface area contributed by atoms with E-state index >= 15 is 0 Å². The van der Waals surface area contributed by atoms with Gasteiger partial charge >= 0.3 is 0 Å². The molecular formula is C10H11ClN2OS. The normalized spacial score (nSPS) is 13.0. The first-order chi connectivity index (χ1) is 7.20. The maximum atomic E-state index is 5.84. The van der Waals surface area contributed by atoms with Gasteiger partial charge in [0.25, 0.3) is 0 Å². The highest BCUT2D eigenvalue weighted by molar-refractivity contribution is 7.19. The third kappa shape index (κ3) is 2.22. The van der Waals surface area contributed by atoms with E-state index < -0.39 is 0 Å². The van der Waals surface area contributed by atoms with Crippen molar-refractivity contribution < 1.29 is 4.42 Å². The van der Waals surface area contributed by atoms with Crippen LogP contribution in [-0.4, -0.2) is 12.0 Å². The molecule has 2 aromatic heterocycles. The lowest BCUT2D eigenvalue weighted by molar-refractivity contribution is 0.565. The molecule has 0 aromatic carbocycles. The van der Waals surface area contributed by atoms with Crippen LogP contribution >= 0.6 is 22.9 Å². The van der Waals surface area contributed by atoms with Crippen molar-refractivity contribution in [3.8, 4) is 10.8 Å². The van der Waals surface area contributed by atoms with Gasteiger partial charge in [0.15, 0.2) is 0 Å². The van der Waals surface area contributed by atoms with Gasteiger partial charge < -0.3 is 9.73 Å².